The van der Waals surface area contributed by atoms with E-state index in [2.05, 4.69) is 4.98 Å². The van der Waals surface area contributed by atoms with Crippen molar-refractivity contribution in [2.75, 3.05) is 0 Å². The summed E-state index contributed by atoms with van der Waals surface area (Å²) in [5.74, 6) is -1.46. The molecule has 0 fully saturated rings. The van der Waals surface area contributed by atoms with Gasteiger partial charge >= 0.3 is 0 Å². The van der Waals surface area contributed by atoms with Crippen LogP contribution < -0.4 is 5.73 Å². The fraction of sp³-hybridized carbons (Fsp3) is 0.400. The Morgan fingerprint density at radius 1 is 1.62 bits per heavy atom. The molecule has 2 unspecified atom stereocenters. The topological polar surface area (TPSA) is 96.4 Å². The zero-order chi connectivity index (χ0) is 12.3. The lowest BCUT2D eigenvalue weighted by Crippen LogP contribution is -2.26. The number of nitrogens with zero attached hydrogens (tertiary/aromatic N) is 1. The summed E-state index contributed by atoms with van der Waals surface area (Å²) in [6.45, 7) is 1.43. The van der Waals surface area contributed by atoms with Gasteiger partial charge in [0.25, 0.3) is 0 Å². The maximum absolute atomic E-state index is 13.1. The van der Waals surface area contributed by atoms with Crippen molar-refractivity contribution in [1.82, 2.24) is 4.98 Å². The molecule has 1 amide bonds. The maximum atomic E-state index is 13.1. The predicted molar refractivity (Wildman–Crippen MR) is 53.7 cm³/mol. The average Bonchev–Trinajstić information content (AvgIpc) is 2.20. The van der Waals surface area contributed by atoms with Crippen LogP contribution in [0.1, 0.15) is 23.7 Å². The number of rotatable bonds is 4. The van der Waals surface area contributed by atoms with Crippen LogP contribution in [0.2, 0.25) is 0 Å². The average molecular weight is 228 g/mol. The number of carbonyl (C=O) groups excluding carboxylic acids is 1. The largest absolute Gasteiger partial charge is 0.390 e. The lowest BCUT2D eigenvalue weighted by atomic mass is 9.99. The molecule has 1 aromatic rings. The molecule has 2 atom stereocenters. The molecule has 0 bridgehead atoms. The fourth-order valence-electron chi connectivity index (χ4n) is 1.37. The van der Waals surface area contributed by atoms with Crippen molar-refractivity contribution < 1.29 is 19.4 Å². The number of carbonyl (C=O) groups is 1. The molecule has 6 heteroatoms. The minimum absolute atomic E-state index is 0.138. The Kier molecular flexibility index (Phi) is 3.92. The van der Waals surface area contributed by atoms with Gasteiger partial charge in [0, 0.05) is 11.8 Å². The van der Waals surface area contributed by atoms with Crippen molar-refractivity contribution in [2.24, 2.45) is 5.73 Å². The van der Waals surface area contributed by atoms with E-state index in [-0.39, 0.29) is 17.5 Å². The monoisotopic (exact) mass is 228 g/mol. The Hall–Kier alpha value is -1.53. The fourth-order valence-corrected chi connectivity index (χ4v) is 1.37. The molecule has 0 spiro atoms. The highest BCUT2D eigenvalue weighted by molar-refractivity contribution is 5.74. The van der Waals surface area contributed by atoms with Gasteiger partial charge in [0.05, 0.1) is 12.5 Å². The Labute approximate surface area is 91.7 Å². The van der Waals surface area contributed by atoms with Crippen LogP contribution in [0.4, 0.5) is 4.39 Å². The normalized spacial score (nSPS) is 14.5. The molecule has 1 rings (SSSR count). The number of amides is 1. The zero-order valence-electron chi connectivity index (χ0n) is 8.72. The van der Waals surface area contributed by atoms with E-state index < -0.39 is 24.1 Å². The van der Waals surface area contributed by atoms with Gasteiger partial charge in [0.2, 0.25) is 11.9 Å². The number of aliphatic hydroxyl groups is 2. The highest BCUT2D eigenvalue weighted by Crippen LogP contribution is 2.22. The summed E-state index contributed by atoms with van der Waals surface area (Å²) < 4.78 is 13.1. The first kappa shape index (κ1) is 12.5. The van der Waals surface area contributed by atoms with Gasteiger partial charge < -0.3 is 15.9 Å². The third-order valence-corrected chi connectivity index (χ3v) is 2.28. The van der Waals surface area contributed by atoms with E-state index in [4.69, 9.17) is 5.73 Å². The van der Waals surface area contributed by atoms with Gasteiger partial charge in [-0.25, -0.2) is 4.98 Å². The van der Waals surface area contributed by atoms with Crippen LogP contribution in [0.3, 0.4) is 0 Å². The van der Waals surface area contributed by atoms with E-state index in [0.29, 0.717) is 0 Å². The van der Waals surface area contributed by atoms with E-state index >= 15 is 0 Å². The summed E-state index contributed by atoms with van der Waals surface area (Å²) >= 11 is 0. The van der Waals surface area contributed by atoms with Crippen LogP contribution in [0.15, 0.2) is 12.3 Å². The summed E-state index contributed by atoms with van der Waals surface area (Å²) in [5, 5.41) is 19.2. The first-order valence-corrected chi connectivity index (χ1v) is 4.69. The number of pyridine rings is 1. The van der Waals surface area contributed by atoms with Gasteiger partial charge in [-0.2, -0.15) is 4.39 Å². The Bertz CT molecular complexity index is 398. The number of nitrogens with two attached hydrogens (primary N) is 1. The van der Waals surface area contributed by atoms with Gasteiger partial charge in [-0.05, 0) is 18.6 Å². The van der Waals surface area contributed by atoms with Crippen molar-refractivity contribution in [3.8, 4) is 0 Å². The number of primary amides is 1. The summed E-state index contributed by atoms with van der Waals surface area (Å²) in [5.41, 5.74) is 5.21. The molecule has 0 aromatic carbocycles. The third-order valence-electron chi connectivity index (χ3n) is 2.28. The molecule has 0 aliphatic heterocycles. The second kappa shape index (κ2) is 5.00. The molecular formula is C10H13FN2O3. The molecule has 16 heavy (non-hydrogen) atoms. The van der Waals surface area contributed by atoms with Gasteiger partial charge in [-0.15, -0.1) is 0 Å². The van der Waals surface area contributed by atoms with Crippen molar-refractivity contribution in [3.05, 3.63) is 29.3 Å². The third kappa shape index (κ3) is 2.74. The molecule has 0 aliphatic rings. The molecule has 0 aliphatic carbocycles. The Morgan fingerprint density at radius 2 is 2.25 bits per heavy atom. The highest BCUT2D eigenvalue weighted by atomic mass is 19.1. The first-order valence-electron chi connectivity index (χ1n) is 4.69. The van der Waals surface area contributed by atoms with E-state index in [1.54, 1.807) is 0 Å². The summed E-state index contributed by atoms with van der Waals surface area (Å²) in [4.78, 5) is 14.0. The molecule has 88 valence electrons. The van der Waals surface area contributed by atoms with Crippen LogP contribution in [-0.2, 0) is 4.79 Å². The second-order valence-corrected chi connectivity index (χ2v) is 3.50. The minimum Gasteiger partial charge on any atom is -0.390 e. The summed E-state index contributed by atoms with van der Waals surface area (Å²) in [6.07, 6.45) is -1.91. The smallest absolute Gasteiger partial charge is 0.220 e. The number of hydrogen-bond acceptors (Lipinski definition) is 4. The van der Waals surface area contributed by atoms with E-state index in [1.165, 1.54) is 19.2 Å². The van der Waals surface area contributed by atoms with Crippen molar-refractivity contribution in [3.63, 3.8) is 0 Å². The van der Waals surface area contributed by atoms with Crippen LogP contribution in [0.25, 0.3) is 0 Å². The summed E-state index contributed by atoms with van der Waals surface area (Å²) in [7, 11) is 0. The van der Waals surface area contributed by atoms with E-state index in [9.17, 15) is 19.4 Å². The lowest BCUT2D eigenvalue weighted by Gasteiger charge is -2.18. The Balaban J connectivity index is 2.91. The molecule has 0 saturated heterocycles. The first-order chi connectivity index (χ1) is 7.43. The predicted octanol–water partition coefficient (Wildman–Crippen LogP) is -0.201. The van der Waals surface area contributed by atoms with E-state index in [0.717, 1.165) is 0 Å². The number of halogens is 1. The quantitative estimate of drug-likeness (QED) is 0.622. The van der Waals surface area contributed by atoms with Gasteiger partial charge in [0.15, 0.2) is 0 Å². The number of aromatic nitrogens is 1. The van der Waals surface area contributed by atoms with Crippen LogP contribution in [0, 0.1) is 12.9 Å². The molecule has 4 N–H and O–H groups in total. The molecule has 5 nitrogen and oxygen atoms in total. The molecular weight excluding hydrogens is 215 g/mol. The Morgan fingerprint density at radius 3 is 2.81 bits per heavy atom. The lowest BCUT2D eigenvalue weighted by molar-refractivity contribution is -0.121. The van der Waals surface area contributed by atoms with Gasteiger partial charge in [-0.1, -0.05) is 0 Å². The van der Waals surface area contributed by atoms with Crippen LogP contribution in [-0.4, -0.2) is 27.2 Å². The van der Waals surface area contributed by atoms with E-state index in [1.807, 2.05) is 0 Å². The molecule has 0 saturated carbocycles. The standard InChI is InChI=1S/C10H13FN2O3/c1-5-6(2-3-13-10(5)11)9(16)7(14)4-8(12)15/h2-3,7,9,14,16H,4H2,1H3,(H2,12,15). The van der Waals surface area contributed by atoms with Gasteiger partial charge in [0.1, 0.15) is 6.10 Å². The molecule has 1 aromatic heterocycles. The van der Waals surface area contributed by atoms with Crippen LogP contribution >= 0.6 is 0 Å². The van der Waals surface area contributed by atoms with Crippen molar-refractivity contribution in [2.45, 2.75) is 25.6 Å². The van der Waals surface area contributed by atoms with Crippen molar-refractivity contribution in [1.29, 1.82) is 0 Å². The molecule has 1 heterocycles. The number of hydrogen-bond donors (Lipinski definition) is 3. The second-order valence-electron chi connectivity index (χ2n) is 3.50. The maximum Gasteiger partial charge on any atom is 0.220 e. The zero-order valence-corrected chi connectivity index (χ0v) is 8.72. The highest BCUT2D eigenvalue weighted by Gasteiger charge is 2.22. The molecule has 0 radical (unpaired) electrons. The summed E-state index contributed by atoms with van der Waals surface area (Å²) in [6, 6.07) is 1.38. The minimum atomic E-state index is -1.36. The number of aliphatic hydroxyl groups excluding tert-OH is 2. The SMILES string of the molecule is Cc1c(C(O)C(O)CC(N)=O)ccnc1F. The van der Waals surface area contributed by atoms with Crippen LogP contribution in [0.5, 0.6) is 0 Å². The van der Waals surface area contributed by atoms with Gasteiger partial charge in [-0.3, -0.25) is 4.79 Å². The van der Waals surface area contributed by atoms with Crippen molar-refractivity contribution >= 4 is 5.91 Å².